The summed E-state index contributed by atoms with van der Waals surface area (Å²) in [4.78, 5) is 26.9. The molecule has 0 saturated carbocycles. The number of aliphatic carboxylic acids is 1. The lowest BCUT2D eigenvalue weighted by Crippen LogP contribution is -2.29. The monoisotopic (exact) mass is 318 g/mol. The average Bonchev–Trinajstić information content (AvgIpc) is 2.94. The summed E-state index contributed by atoms with van der Waals surface area (Å²) in [6.07, 6.45) is 0.741. The number of carbonyl (C=O) groups excluding carboxylic acids is 1. The summed E-state index contributed by atoms with van der Waals surface area (Å²) in [5, 5.41) is 14.0. The van der Waals surface area contributed by atoms with Crippen LogP contribution in [0, 0.1) is 5.92 Å². The fourth-order valence-electron chi connectivity index (χ4n) is 1.99. The molecule has 1 aromatic carbocycles. The zero-order valence-electron chi connectivity index (χ0n) is 12.3. The van der Waals surface area contributed by atoms with Gasteiger partial charge in [-0.15, -0.1) is 11.3 Å². The number of aromatic nitrogens is 1. The third-order valence-corrected chi connectivity index (χ3v) is 3.97. The van der Waals surface area contributed by atoms with Crippen LogP contribution in [0.2, 0.25) is 0 Å². The van der Waals surface area contributed by atoms with Crippen molar-refractivity contribution in [1.29, 1.82) is 0 Å². The molecule has 116 valence electrons. The highest BCUT2D eigenvalue weighted by atomic mass is 32.1. The molecule has 0 bridgehead atoms. The van der Waals surface area contributed by atoms with Crippen LogP contribution in [-0.4, -0.2) is 28.5 Å². The van der Waals surface area contributed by atoms with Crippen molar-refractivity contribution in [2.75, 3.05) is 6.54 Å². The van der Waals surface area contributed by atoms with Crippen LogP contribution in [-0.2, 0) is 11.2 Å². The first-order valence-electron chi connectivity index (χ1n) is 7.03. The number of carboxylic acid groups (broad SMARTS) is 1. The number of hydrogen-bond acceptors (Lipinski definition) is 4. The van der Waals surface area contributed by atoms with Gasteiger partial charge in [0.15, 0.2) is 0 Å². The van der Waals surface area contributed by atoms with Crippen molar-refractivity contribution in [1.82, 2.24) is 10.3 Å². The predicted molar refractivity (Wildman–Crippen MR) is 85.1 cm³/mol. The maximum atomic E-state index is 12.0. The lowest BCUT2D eigenvalue weighted by Gasteiger charge is -2.09. The molecule has 5 nitrogen and oxygen atoms in total. The molecule has 1 heterocycles. The van der Waals surface area contributed by atoms with Crippen LogP contribution in [0.5, 0.6) is 0 Å². The molecule has 2 aromatic rings. The molecule has 1 amide bonds. The van der Waals surface area contributed by atoms with Gasteiger partial charge in [0.2, 0.25) is 0 Å². The van der Waals surface area contributed by atoms with Crippen LogP contribution < -0.4 is 5.32 Å². The van der Waals surface area contributed by atoms with Crippen molar-refractivity contribution in [3.05, 3.63) is 52.0 Å². The minimum absolute atomic E-state index is 0.0383. The highest BCUT2D eigenvalue weighted by Crippen LogP contribution is 2.14. The van der Waals surface area contributed by atoms with E-state index < -0.39 is 5.97 Å². The summed E-state index contributed by atoms with van der Waals surface area (Å²) in [5.41, 5.74) is 1.54. The van der Waals surface area contributed by atoms with Crippen LogP contribution in [0.4, 0.5) is 0 Å². The molecule has 0 radical (unpaired) electrons. The Labute approximate surface area is 133 Å². The van der Waals surface area contributed by atoms with E-state index in [9.17, 15) is 9.59 Å². The first kappa shape index (κ1) is 16.2. The Balaban J connectivity index is 1.88. The first-order chi connectivity index (χ1) is 10.5. The van der Waals surface area contributed by atoms with Gasteiger partial charge in [-0.05, 0) is 11.5 Å². The summed E-state index contributed by atoms with van der Waals surface area (Å²) in [6, 6.07) is 9.95. The highest BCUT2D eigenvalue weighted by Gasteiger charge is 2.13. The highest BCUT2D eigenvalue weighted by molar-refractivity contribution is 7.09. The number of carbonyl (C=O) groups is 2. The molecule has 0 fully saturated rings. The number of amides is 1. The fraction of sp³-hybridized carbons (Fsp3) is 0.312. The zero-order chi connectivity index (χ0) is 15.9. The van der Waals surface area contributed by atoms with Crippen molar-refractivity contribution in [3.8, 4) is 0 Å². The number of rotatable bonds is 7. The van der Waals surface area contributed by atoms with E-state index in [2.05, 4.69) is 10.3 Å². The van der Waals surface area contributed by atoms with E-state index in [4.69, 9.17) is 5.11 Å². The van der Waals surface area contributed by atoms with Crippen molar-refractivity contribution < 1.29 is 14.7 Å². The second-order valence-corrected chi connectivity index (χ2v) is 6.14. The minimum atomic E-state index is -0.861. The lowest BCUT2D eigenvalue weighted by molar-refractivity contribution is -0.137. The summed E-state index contributed by atoms with van der Waals surface area (Å²) < 4.78 is 0. The average molecular weight is 318 g/mol. The van der Waals surface area contributed by atoms with Gasteiger partial charge in [-0.2, -0.15) is 0 Å². The second-order valence-electron chi connectivity index (χ2n) is 5.20. The summed E-state index contributed by atoms with van der Waals surface area (Å²) >= 11 is 1.45. The van der Waals surface area contributed by atoms with E-state index in [1.807, 2.05) is 30.3 Å². The Morgan fingerprint density at radius 1 is 1.32 bits per heavy atom. The number of thiazole rings is 1. The van der Waals surface area contributed by atoms with Gasteiger partial charge in [0.1, 0.15) is 5.69 Å². The molecule has 0 aliphatic carbocycles. The van der Waals surface area contributed by atoms with Crippen LogP contribution in [0.3, 0.4) is 0 Å². The molecule has 2 rings (SSSR count). The molecular weight excluding hydrogens is 300 g/mol. The van der Waals surface area contributed by atoms with E-state index >= 15 is 0 Å². The summed E-state index contributed by atoms with van der Waals surface area (Å²) in [5.74, 6) is -1.22. The van der Waals surface area contributed by atoms with Crippen LogP contribution in [0.1, 0.15) is 34.4 Å². The van der Waals surface area contributed by atoms with Gasteiger partial charge in [-0.1, -0.05) is 37.3 Å². The van der Waals surface area contributed by atoms with Crippen LogP contribution in [0.25, 0.3) is 0 Å². The van der Waals surface area contributed by atoms with Crippen molar-refractivity contribution in [2.24, 2.45) is 5.92 Å². The Morgan fingerprint density at radius 3 is 2.73 bits per heavy atom. The molecule has 1 atom stereocenters. The maximum absolute atomic E-state index is 12.0. The summed E-state index contributed by atoms with van der Waals surface area (Å²) in [7, 11) is 0. The normalized spacial score (nSPS) is 11.9. The van der Waals surface area contributed by atoms with Crippen LogP contribution in [0.15, 0.2) is 35.7 Å². The van der Waals surface area contributed by atoms with E-state index in [-0.39, 0.29) is 18.2 Å². The number of nitrogens with one attached hydrogen (secondary N) is 1. The maximum Gasteiger partial charge on any atom is 0.303 e. The topological polar surface area (TPSA) is 79.3 Å². The largest absolute Gasteiger partial charge is 0.481 e. The number of benzene rings is 1. The Hall–Kier alpha value is -2.21. The lowest BCUT2D eigenvalue weighted by atomic mass is 10.1. The first-order valence-corrected chi connectivity index (χ1v) is 7.91. The third kappa shape index (κ3) is 4.96. The SMILES string of the molecule is CC(CNC(=O)c1csc(Cc2ccccc2)n1)CC(=O)O. The molecule has 2 N–H and O–H groups in total. The third-order valence-electron chi connectivity index (χ3n) is 3.12. The molecule has 1 unspecified atom stereocenters. The van der Waals surface area contributed by atoms with E-state index in [0.717, 1.165) is 10.6 Å². The van der Waals surface area contributed by atoms with Gasteiger partial charge in [0, 0.05) is 24.8 Å². The van der Waals surface area contributed by atoms with Crippen molar-refractivity contribution in [3.63, 3.8) is 0 Å². The molecule has 0 aliphatic heterocycles. The predicted octanol–water partition coefficient (Wildman–Crippen LogP) is 2.57. The van der Waals surface area contributed by atoms with Crippen molar-refractivity contribution >= 4 is 23.2 Å². The van der Waals surface area contributed by atoms with Gasteiger partial charge < -0.3 is 10.4 Å². The van der Waals surface area contributed by atoms with E-state index in [1.165, 1.54) is 11.3 Å². The molecule has 22 heavy (non-hydrogen) atoms. The van der Waals surface area contributed by atoms with Crippen molar-refractivity contribution in [2.45, 2.75) is 19.8 Å². The van der Waals surface area contributed by atoms with Gasteiger partial charge in [-0.25, -0.2) is 4.98 Å². The number of hydrogen-bond donors (Lipinski definition) is 2. The van der Waals surface area contributed by atoms with Gasteiger partial charge in [0.05, 0.1) is 5.01 Å². The van der Waals surface area contributed by atoms with Gasteiger partial charge in [0.25, 0.3) is 5.91 Å². The molecule has 6 heteroatoms. The van der Waals surface area contributed by atoms with E-state index in [1.54, 1.807) is 12.3 Å². The van der Waals surface area contributed by atoms with E-state index in [0.29, 0.717) is 18.7 Å². The standard InChI is InChI=1S/C16H18N2O3S/c1-11(7-15(19)20)9-17-16(21)13-10-22-14(18-13)8-12-5-3-2-4-6-12/h2-6,10-11H,7-9H2,1H3,(H,17,21)(H,19,20). The van der Waals surface area contributed by atoms with Gasteiger partial charge >= 0.3 is 5.97 Å². The fourth-order valence-corrected chi connectivity index (χ4v) is 2.80. The Kier molecular flexibility index (Phi) is 5.66. The summed E-state index contributed by atoms with van der Waals surface area (Å²) in [6.45, 7) is 2.12. The second kappa shape index (κ2) is 7.70. The van der Waals surface area contributed by atoms with Crippen LogP contribution >= 0.6 is 11.3 Å². The van der Waals surface area contributed by atoms with Gasteiger partial charge in [-0.3, -0.25) is 9.59 Å². The molecular formula is C16H18N2O3S. The Bertz CT molecular complexity index is 640. The molecule has 0 aliphatic rings. The Morgan fingerprint density at radius 2 is 2.05 bits per heavy atom. The number of nitrogens with zero attached hydrogens (tertiary/aromatic N) is 1. The minimum Gasteiger partial charge on any atom is -0.481 e. The molecule has 0 saturated heterocycles. The molecule has 1 aromatic heterocycles. The number of carboxylic acids is 1. The quantitative estimate of drug-likeness (QED) is 0.822. The smallest absolute Gasteiger partial charge is 0.303 e. The molecule has 0 spiro atoms. The zero-order valence-corrected chi connectivity index (χ0v) is 13.1.